The first-order chi connectivity index (χ1) is 9.15. The topological polar surface area (TPSA) is 58.0 Å². The third-order valence-electron chi connectivity index (χ3n) is 3.02. The number of H-pyrrole nitrogens is 1. The average Bonchev–Trinajstić information content (AvgIpc) is 2.70. The Labute approximate surface area is 117 Å². The van der Waals surface area contributed by atoms with Crippen molar-refractivity contribution >= 4 is 27.0 Å². The van der Waals surface area contributed by atoms with Crippen LogP contribution in [0.15, 0.2) is 51.7 Å². The zero-order valence-electron chi connectivity index (χ0n) is 9.93. The van der Waals surface area contributed by atoms with E-state index in [9.17, 15) is 9.90 Å². The summed E-state index contributed by atoms with van der Waals surface area (Å²) in [5.74, 6) is 0.219. The van der Waals surface area contributed by atoms with Crippen LogP contribution in [0.1, 0.15) is 5.56 Å². The maximum atomic E-state index is 12.0. The highest BCUT2D eigenvalue weighted by Crippen LogP contribution is 2.22. The smallest absolute Gasteiger partial charge is 0.326 e. The van der Waals surface area contributed by atoms with Gasteiger partial charge in [-0.1, -0.05) is 18.2 Å². The number of aromatic nitrogens is 2. The molecule has 0 fully saturated rings. The Balaban J connectivity index is 2.12. The summed E-state index contributed by atoms with van der Waals surface area (Å²) in [5, 5.41) is 9.27. The van der Waals surface area contributed by atoms with Crippen LogP contribution >= 0.6 is 15.9 Å². The molecule has 0 saturated heterocycles. The lowest BCUT2D eigenvalue weighted by Crippen LogP contribution is -2.17. The lowest BCUT2D eigenvalue weighted by Gasteiger charge is -2.05. The fraction of sp³-hybridized carbons (Fsp3) is 0.0714. The van der Waals surface area contributed by atoms with E-state index in [2.05, 4.69) is 20.9 Å². The van der Waals surface area contributed by atoms with Gasteiger partial charge < -0.3 is 10.1 Å². The number of nitrogens with zero attached hydrogens (tertiary/aromatic N) is 1. The molecular formula is C14H11BrN2O2. The van der Waals surface area contributed by atoms with Gasteiger partial charge in [-0.15, -0.1) is 0 Å². The van der Waals surface area contributed by atoms with Gasteiger partial charge in [0.25, 0.3) is 0 Å². The van der Waals surface area contributed by atoms with Crippen LogP contribution in [0.3, 0.4) is 0 Å². The molecule has 4 nitrogen and oxygen atoms in total. The van der Waals surface area contributed by atoms with Crippen molar-refractivity contribution in [3.8, 4) is 5.75 Å². The van der Waals surface area contributed by atoms with Crippen molar-refractivity contribution in [1.29, 1.82) is 0 Å². The van der Waals surface area contributed by atoms with E-state index >= 15 is 0 Å². The number of phenols is 1. The number of halogens is 1. The Morgan fingerprint density at radius 3 is 2.63 bits per heavy atom. The second-order valence-electron chi connectivity index (χ2n) is 4.32. The van der Waals surface area contributed by atoms with Gasteiger partial charge in [-0.05, 0) is 45.8 Å². The van der Waals surface area contributed by atoms with Crippen molar-refractivity contribution in [2.45, 2.75) is 6.54 Å². The van der Waals surface area contributed by atoms with Gasteiger partial charge in [0.2, 0.25) is 0 Å². The molecule has 3 rings (SSSR count). The standard InChI is InChI=1S/C14H11BrN2O2/c15-11-2-1-3-12-13(11)17(14(19)16-12)8-9-4-6-10(18)7-5-9/h1-7,18H,8H2,(H,16,19). The second-order valence-corrected chi connectivity index (χ2v) is 5.17. The number of nitrogens with one attached hydrogen (secondary N) is 1. The molecule has 0 amide bonds. The maximum Gasteiger partial charge on any atom is 0.326 e. The number of hydrogen-bond donors (Lipinski definition) is 2. The molecule has 2 aromatic carbocycles. The van der Waals surface area contributed by atoms with Crippen molar-refractivity contribution in [1.82, 2.24) is 9.55 Å². The number of aromatic amines is 1. The fourth-order valence-corrected chi connectivity index (χ4v) is 2.69. The van der Waals surface area contributed by atoms with E-state index in [0.29, 0.717) is 6.54 Å². The molecule has 0 atom stereocenters. The normalized spacial score (nSPS) is 11.0. The van der Waals surface area contributed by atoms with Gasteiger partial charge in [0, 0.05) is 4.47 Å². The summed E-state index contributed by atoms with van der Waals surface area (Å²) in [4.78, 5) is 14.8. The minimum Gasteiger partial charge on any atom is -0.508 e. The maximum absolute atomic E-state index is 12.0. The van der Waals surface area contributed by atoms with E-state index in [1.807, 2.05) is 18.2 Å². The molecule has 0 unspecified atom stereocenters. The van der Waals surface area contributed by atoms with E-state index in [1.165, 1.54) is 0 Å². The summed E-state index contributed by atoms with van der Waals surface area (Å²) >= 11 is 3.47. The van der Waals surface area contributed by atoms with Crippen molar-refractivity contribution in [2.75, 3.05) is 0 Å². The van der Waals surface area contributed by atoms with E-state index in [0.717, 1.165) is 21.1 Å². The fourth-order valence-electron chi connectivity index (χ4n) is 2.11. The van der Waals surface area contributed by atoms with Gasteiger partial charge in [0.15, 0.2) is 0 Å². The predicted octanol–water partition coefficient (Wildman–Crippen LogP) is 2.85. The van der Waals surface area contributed by atoms with Crippen molar-refractivity contribution in [3.63, 3.8) is 0 Å². The highest BCUT2D eigenvalue weighted by Gasteiger charge is 2.09. The molecule has 3 aromatic rings. The first-order valence-electron chi connectivity index (χ1n) is 5.80. The number of benzene rings is 2. The van der Waals surface area contributed by atoms with E-state index in [4.69, 9.17) is 0 Å². The largest absolute Gasteiger partial charge is 0.508 e. The van der Waals surface area contributed by atoms with Crippen molar-refractivity contribution < 1.29 is 5.11 Å². The summed E-state index contributed by atoms with van der Waals surface area (Å²) in [6.45, 7) is 0.460. The molecule has 0 aliphatic rings. The van der Waals surface area contributed by atoms with Gasteiger partial charge in [0.05, 0.1) is 17.6 Å². The Hall–Kier alpha value is -2.01. The molecule has 1 aromatic heterocycles. The third-order valence-corrected chi connectivity index (χ3v) is 3.66. The molecule has 0 aliphatic heterocycles. The van der Waals surface area contributed by atoms with Gasteiger partial charge in [0.1, 0.15) is 5.75 Å². The Bertz CT molecular complexity index is 787. The van der Waals surface area contributed by atoms with Gasteiger partial charge in [-0.25, -0.2) is 4.79 Å². The number of imidazole rings is 1. The SMILES string of the molecule is O=c1[nH]c2cccc(Br)c2n1Cc1ccc(O)cc1. The zero-order chi connectivity index (χ0) is 13.4. The third kappa shape index (κ3) is 2.17. The highest BCUT2D eigenvalue weighted by molar-refractivity contribution is 9.10. The van der Waals surface area contributed by atoms with Gasteiger partial charge >= 0.3 is 5.69 Å². The second kappa shape index (κ2) is 4.59. The molecule has 0 aliphatic carbocycles. The number of rotatable bonds is 2. The van der Waals surface area contributed by atoms with E-state index in [-0.39, 0.29) is 11.4 Å². The molecule has 19 heavy (non-hydrogen) atoms. The molecule has 0 saturated carbocycles. The lowest BCUT2D eigenvalue weighted by atomic mass is 10.2. The van der Waals surface area contributed by atoms with E-state index < -0.39 is 0 Å². The molecule has 0 radical (unpaired) electrons. The summed E-state index contributed by atoms with van der Waals surface area (Å²) in [6, 6.07) is 12.5. The number of fused-ring (bicyclic) bond motifs is 1. The van der Waals surface area contributed by atoms with Crippen molar-refractivity contribution in [2.24, 2.45) is 0 Å². The Morgan fingerprint density at radius 2 is 1.89 bits per heavy atom. The van der Waals surface area contributed by atoms with Gasteiger partial charge in [-0.3, -0.25) is 4.57 Å². The first-order valence-corrected chi connectivity index (χ1v) is 6.59. The average molecular weight is 319 g/mol. The van der Waals surface area contributed by atoms with Crippen LogP contribution in [0, 0.1) is 0 Å². The molecule has 2 N–H and O–H groups in total. The summed E-state index contributed by atoms with van der Waals surface area (Å²) < 4.78 is 2.55. The van der Waals surface area contributed by atoms with Crippen LogP contribution in [0.5, 0.6) is 5.75 Å². The molecule has 0 spiro atoms. The summed E-state index contributed by atoms with van der Waals surface area (Å²) in [5.41, 5.74) is 2.46. The minimum absolute atomic E-state index is 0.144. The first kappa shape index (κ1) is 12.0. The minimum atomic E-state index is -0.144. The summed E-state index contributed by atoms with van der Waals surface area (Å²) in [6.07, 6.45) is 0. The van der Waals surface area contributed by atoms with Crippen LogP contribution in [-0.2, 0) is 6.54 Å². The molecule has 96 valence electrons. The van der Waals surface area contributed by atoms with Crippen LogP contribution in [0.4, 0.5) is 0 Å². The number of aromatic hydroxyl groups is 1. The highest BCUT2D eigenvalue weighted by atomic mass is 79.9. The molecule has 1 heterocycles. The van der Waals surface area contributed by atoms with Crippen LogP contribution in [-0.4, -0.2) is 14.7 Å². The number of phenolic OH excluding ortho intramolecular Hbond substituents is 1. The Morgan fingerprint density at radius 1 is 1.16 bits per heavy atom. The van der Waals surface area contributed by atoms with E-state index in [1.54, 1.807) is 28.8 Å². The van der Waals surface area contributed by atoms with Crippen LogP contribution in [0.2, 0.25) is 0 Å². The summed E-state index contributed by atoms with van der Waals surface area (Å²) in [7, 11) is 0. The van der Waals surface area contributed by atoms with Crippen LogP contribution < -0.4 is 5.69 Å². The quantitative estimate of drug-likeness (QED) is 0.763. The zero-order valence-corrected chi connectivity index (χ0v) is 11.5. The van der Waals surface area contributed by atoms with Crippen molar-refractivity contribution in [3.05, 3.63) is 63.0 Å². The lowest BCUT2D eigenvalue weighted by molar-refractivity contribution is 0.475. The predicted molar refractivity (Wildman–Crippen MR) is 77.5 cm³/mol. The van der Waals surface area contributed by atoms with Gasteiger partial charge in [-0.2, -0.15) is 0 Å². The molecule has 0 bridgehead atoms. The Kier molecular flexibility index (Phi) is 2.91. The number of para-hydroxylation sites is 1. The number of hydrogen-bond acceptors (Lipinski definition) is 2. The van der Waals surface area contributed by atoms with Crippen LogP contribution in [0.25, 0.3) is 11.0 Å². The molecular weight excluding hydrogens is 308 g/mol. The monoisotopic (exact) mass is 318 g/mol. The molecule has 5 heteroatoms.